The lowest BCUT2D eigenvalue weighted by atomic mass is 9.95. The molecule has 1 nitrogen and oxygen atoms in total. The van der Waals surface area contributed by atoms with Crippen LogP contribution in [-0.2, 0) is 0 Å². The van der Waals surface area contributed by atoms with Crippen LogP contribution in [0.4, 0.5) is 8.78 Å². The quantitative estimate of drug-likeness (QED) is 0.843. The van der Waals surface area contributed by atoms with Crippen molar-refractivity contribution in [3.05, 3.63) is 35.4 Å². The van der Waals surface area contributed by atoms with E-state index >= 15 is 0 Å². The third-order valence-electron chi connectivity index (χ3n) is 2.70. The molecule has 82 valence electrons. The second kappa shape index (κ2) is 4.49. The number of aliphatic hydroxyl groups excluding tert-OH is 1. The molecule has 0 saturated carbocycles. The van der Waals surface area contributed by atoms with Gasteiger partial charge in [0.05, 0.1) is 6.10 Å². The summed E-state index contributed by atoms with van der Waals surface area (Å²) in [6, 6.07) is 3.60. The highest BCUT2D eigenvalue weighted by Gasteiger charge is 2.25. The molecule has 1 aromatic rings. The number of thioether (sulfide) groups is 1. The largest absolute Gasteiger partial charge is 0.388 e. The molecule has 2 unspecified atom stereocenters. The Labute approximate surface area is 91.5 Å². The normalized spacial score (nSPS) is 23.0. The van der Waals surface area contributed by atoms with Gasteiger partial charge in [0.25, 0.3) is 0 Å². The Bertz CT molecular complexity index is 350. The zero-order valence-electron chi connectivity index (χ0n) is 8.12. The molecule has 4 heteroatoms. The topological polar surface area (TPSA) is 20.2 Å². The Morgan fingerprint density at radius 3 is 2.73 bits per heavy atom. The van der Waals surface area contributed by atoms with Crippen LogP contribution in [0.2, 0.25) is 0 Å². The zero-order chi connectivity index (χ0) is 10.8. The molecule has 0 aliphatic carbocycles. The van der Waals surface area contributed by atoms with E-state index in [-0.39, 0.29) is 5.92 Å². The lowest BCUT2D eigenvalue weighted by molar-refractivity contribution is 0.121. The summed E-state index contributed by atoms with van der Waals surface area (Å²) >= 11 is 1.78. The van der Waals surface area contributed by atoms with Gasteiger partial charge in [-0.3, -0.25) is 0 Å². The van der Waals surface area contributed by atoms with Crippen molar-refractivity contribution in [2.45, 2.75) is 12.5 Å². The van der Waals surface area contributed by atoms with E-state index in [2.05, 4.69) is 0 Å². The molecular formula is C11H12F2OS. The highest BCUT2D eigenvalue weighted by Crippen LogP contribution is 2.34. The highest BCUT2D eigenvalue weighted by molar-refractivity contribution is 7.99. The minimum atomic E-state index is -0.891. The summed E-state index contributed by atoms with van der Waals surface area (Å²) in [5.41, 5.74) is 0.474. The van der Waals surface area contributed by atoms with Gasteiger partial charge in [-0.05, 0) is 41.5 Å². The summed E-state index contributed by atoms with van der Waals surface area (Å²) in [6.07, 6.45) is 0.264. The number of aliphatic hydroxyl groups is 1. The van der Waals surface area contributed by atoms with Crippen molar-refractivity contribution in [1.29, 1.82) is 0 Å². The number of rotatable bonds is 2. The Balaban J connectivity index is 2.17. The lowest BCUT2D eigenvalue weighted by Crippen LogP contribution is -2.12. The van der Waals surface area contributed by atoms with Crippen LogP contribution in [0.15, 0.2) is 18.2 Å². The first-order chi connectivity index (χ1) is 7.18. The van der Waals surface area contributed by atoms with Gasteiger partial charge in [0, 0.05) is 0 Å². The molecule has 1 aliphatic heterocycles. The van der Waals surface area contributed by atoms with E-state index in [1.54, 1.807) is 11.8 Å². The second-order valence-corrected chi connectivity index (χ2v) is 4.89. The fourth-order valence-electron chi connectivity index (χ4n) is 1.77. The molecule has 15 heavy (non-hydrogen) atoms. The summed E-state index contributed by atoms with van der Waals surface area (Å²) in [5.74, 6) is 0.328. The van der Waals surface area contributed by atoms with Crippen LogP contribution in [0.5, 0.6) is 0 Å². The van der Waals surface area contributed by atoms with Crippen LogP contribution in [0.25, 0.3) is 0 Å². The molecule has 0 bridgehead atoms. The lowest BCUT2D eigenvalue weighted by Gasteiger charge is -2.17. The van der Waals surface area contributed by atoms with E-state index in [0.29, 0.717) is 5.56 Å². The maximum absolute atomic E-state index is 12.9. The van der Waals surface area contributed by atoms with E-state index in [1.807, 2.05) is 0 Å². The van der Waals surface area contributed by atoms with Crippen LogP contribution in [0.1, 0.15) is 18.1 Å². The van der Waals surface area contributed by atoms with Gasteiger partial charge in [-0.1, -0.05) is 6.07 Å². The predicted molar refractivity (Wildman–Crippen MR) is 56.7 cm³/mol. The van der Waals surface area contributed by atoms with Crippen LogP contribution in [0, 0.1) is 17.6 Å². The monoisotopic (exact) mass is 230 g/mol. The van der Waals surface area contributed by atoms with Gasteiger partial charge >= 0.3 is 0 Å². The fourth-order valence-corrected chi connectivity index (χ4v) is 3.06. The van der Waals surface area contributed by atoms with Gasteiger partial charge in [0.15, 0.2) is 11.6 Å². The van der Waals surface area contributed by atoms with Crippen molar-refractivity contribution in [1.82, 2.24) is 0 Å². The van der Waals surface area contributed by atoms with Crippen LogP contribution < -0.4 is 0 Å². The van der Waals surface area contributed by atoms with Gasteiger partial charge in [-0.2, -0.15) is 11.8 Å². The Hall–Kier alpha value is -0.610. The van der Waals surface area contributed by atoms with E-state index in [1.165, 1.54) is 6.07 Å². The second-order valence-electron chi connectivity index (χ2n) is 3.74. The maximum atomic E-state index is 12.9. The molecule has 1 saturated heterocycles. The summed E-state index contributed by atoms with van der Waals surface area (Å²) in [7, 11) is 0. The molecule has 1 heterocycles. The van der Waals surface area contributed by atoms with Gasteiger partial charge in [-0.15, -0.1) is 0 Å². The number of hydrogen-bond acceptors (Lipinski definition) is 2. The summed E-state index contributed by atoms with van der Waals surface area (Å²) < 4.78 is 25.6. The van der Waals surface area contributed by atoms with Crippen molar-refractivity contribution < 1.29 is 13.9 Å². The highest BCUT2D eigenvalue weighted by atomic mass is 32.2. The van der Waals surface area contributed by atoms with E-state index in [9.17, 15) is 13.9 Å². The Morgan fingerprint density at radius 2 is 2.13 bits per heavy atom. The number of benzene rings is 1. The first-order valence-corrected chi connectivity index (χ1v) is 6.04. The minimum Gasteiger partial charge on any atom is -0.388 e. The van der Waals surface area contributed by atoms with Gasteiger partial charge in [0.2, 0.25) is 0 Å². The number of halogens is 2. The zero-order valence-corrected chi connectivity index (χ0v) is 8.94. The molecule has 0 spiro atoms. The third kappa shape index (κ3) is 2.32. The van der Waals surface area contributed by atoms with Gasteiger partial charge < -0.3 is 5.11 Å². The molecule has 0 aromatic heterocycles. The molecule has 2 rings (SSSR count). The predicted octanol–water partition coefficient (Wildman–Crippen LogP) is 2.75. The maximum Gasteiger partial charge on any atom is 0.159 e. The standard InChI is InChI=1S/C11H12F2OS/c12-9-2-1-7(5-10(9)13)11(14)8-3-4-15-6-8/h1-2,5,8,11,14H,3-4,6H2. The van der Waals surface area contributed by atoms with Crippen molar-refractivity contribution in [3.63, 3.8) is 0 Å². The summed E-state index contributed by atoms with van der Waals surface area (Å²) in [6.45, 7) is 0. The Morgan fingerprint density at radius 1 is 1.33 bits per heavy atom. The van der Waals surface area contributed by atoms with Gasteiger partial charge in [0.1, 0.15) is 0 Å². The van der Waals surface area contributed by atoms with E-state index < -0.39 is 17.7 Å². The molecular weight excluding hydrogens is 218 g/mol. The first kappa shape index (κ1) is 10.9. The van der Waals surface area contributed by atoms with Crippen LogP contribution in [-0.4, -0.2) is 16.6 Å². The first-order valence-electron chi connectivity index (χ1n) is 4.89. The third-order valence-corrected chi connectivity index (χ3v) is 3.88. The van der Waals surface area contributed by atoms with Crippen LogP contribution in [0.3, 0.4) is 0 Å². The summed E-state index contributed by atoms with van der Waals surface area (Å²) in [5, 5.41) is 9.93. The molecule has 1 aliphatic rings. The fraction of sp³-hybridized carbons (Fsp3) is 0.455. The molecule has 0 radical (unpaired) electrons. The Kier molecular flexibility index (Phi) is 3.26. The average Bonchev–Trinajstić information content (AvgIpc) is 2.74. The molecule has 0 amide bonds. The SMILES string of the molecule is OC(c1ccc(F)c(F)c1)C1CCSC1. The molecule has 1 fully saturated rings. The van der Waals surface area contributed by atoms with Crippen LogP contribution >= 0.6 is 11.8 Å². The van der Waals surface area contributed by atoms with Gasteiger partial charge in [-0.25, -0.2) is 8.78 Å². The summed E-state index contributed by atoms with van der Waals surface area (Å²) in [4.78, 5) is 0. The van der Waals surface area contributed by atoms with E-state index in [4.69, 9.17) is 0 Å². The van der Waals surface area contributed by atoms with Crippen molar-refractivity contribution in [2.75, 3.05) is 11.5 Å². The minimum absolute atomic E-state index is 0.167. The van der Waals surface area contributed by atoms with E-state index in [0.717, 1.165) is 30.1 Å². The van der Waals surface area contributed by atoms with Crippen molar-refractivity contribution >= 4 is 11.8 Å². The molecule has 1 aromatic carbocycles. The smallest absolute Gasteiger partial charge is 0.159 e. The average molecular weight is 230 g/mol. The van der Waals surface area contributed by atoms with Crippen molar-refractivity contribution in [3.8, 4) is 0 Å². The molecule has 2 atom stereocenters. The number of hydrogen-bond donors (Lipinski definition) is 1. The molecule has 1 N–H and O–H groups in total. The van der Waals surface area contributed by atoms with Crippen molar-refractivity contribution in [2.24, 2.45) is 5.92 Å².